The molecule has 4 aliphatic rings. The average Bonchev–Trinajstić information content (AvgIpc) is 3.51. The number of nitrogens with zero attached hydrogens (tertiary/aromatic N) is 1. The highest BCUT2D eigenvalue weighted by molar-refractivity contribution is 6.31. The summed E-state index contributed by atoms with van der Waals surface area (Å²) in [5, 5.41) is 6.79. The minimum Gasteiger partial charge on any atom is -0.359 e. The Kier molecular flexibility index (Phi) is 6.90. The van der Waals surface area contributed by atoms with Crippen LogP contribution in [0.4, 0.5) is 5.69 Å². The second kappa shape index (κ2) is 9.73. The van der Waals surface area contributed by atoms with Crippen molar-refractivity contribution in [2.45, 2.75) is 90.1 Å². The topological polar surface area (TPSA) is 87.7 Å². The second-order valence-electron chi connectivity index (χ2n) is 11.5. The number of rotatable bonds is 6. The molecule has 3 heterocycles. The normalized spacial score (nSPS) is 37.0. The first kappa shape index (κ1) is 26.2. The molecule has 3 fully saturated rings. The lowest BCUT2D eigenvalue weighted by Gasteiger charge is -2.39. The van der Waals surface area contributed by atoms with Crippen LogP contribution in [0, 0.1) is 30.6 Å². The van der Waals surface area contributed by atoms with E-state index in [4.69, 9.17) is 16.3 Å². The average molecular weight is 528 g/mol. The predicted octanol–water partition coefficient (Wildman–Crippen LogP) is 4.48. The van der Waals surface area contributed by atoms with E-state index >= 15 is 0 Å². The van der Waals surface area contributed by atoms with Gasteiger partial charge in [0.25, 0.3) is 0 Å². The third-order valence-electron chi connectivity index (χ3n) is 9.40. The van der Waals surface area contributed by atoms with Crippen molar-refractivity contribution >= 4 is 35.0 Å². The van der Waals surface area contributed by atoms with E-state index in [1.165, 1.54) is 0 Å². The van der Waals surface area contributed by atoms with Gasteiger partial charge in [-0.05, 0) is 56.2 Å². The molecule has 7 nitrogen and oxygen atoms in total. The van der Waals surface area contributed by atoms with Crippen molar-refractivity contribution in [2.75, 3.05) is 5.32 Å². The molecule has 2 N–H and O–H groups in total. The van der Waals surface area contributed by atoms with Crippen LogP contribution < -0.4 is 10.6 Å². The Morgan fingerprint density at radius 1 is 1.24 bits per heavy atom. The van der Waals surface area contributed by atoms with Gasteiger partial charge in [-0.15, -0.1) is 0 Å². The van der Waals surface area contributed by atoms with Gasteiger partial charge in [-0.25, -0.2) is 0 Å². The fraction of sp³-hybridized carbons (Fsp3) is 0.621. The van der Waals surface area contributed by atoms with Crippen LogP contribution in [0.1, 0.15) is 58.9 Å². The summed E-state index contributed by atoms with van der Waals surface area (Å²) in [4.78, 5) is 43.2. The van der Waals surface area contributed by atoms with Gasteiger partial charge in [0.2, 0.25) is 17.7 Å². The maximum atomic E-state index is 14.0. The van der Waals surface area contributed by atoms with Gasteiger partial charge in [-0.2, -0.15) is 0 Å². The molecule has 3 aliphatic heterocycles. The standard InChI is InChI=1S/C29H38ClN3O4/c1-6-17(4)33-25(27(35)32-21-9-7-8-15(2)18(21)5)29-13-12-22(37-29)23(24(29)28(33)36)26(34)31-19-11-10-16(3)20(30)14-19/h10-15,17-18,21-25H,6-9H2,1-5H3,(H,31,34)(H,32,35)/t15-,17+,18+,21-,22-,23-,24-,25+,29+/m1/s1. The summed E-state index contributed by atoms with van der Waals surface area (Å²) in [6.07, 6.45) is 7.03. The molecule has 0 unspecified atom stereocenters. The fourth-order valence-electron chi connectivity index (χ4n) is 6.82. The van der Waals surface area contributed by atoms with E-state index in [2.05, 4.69) is 24.5 Å². The molecule has 1 aliphatic carbocycles. The van der Waals surface area contributed by atoms with Crippen LogP contribution >= 0.6 is 11.6 Å². The summed E-state index contributed by atoms with van der Waals surface area (Å²) in [5.41, 5.74) is 0.335. The number of halogens is 1. The Labute approximate surface area is 224 Å². The molecule has 37 heavy (non-hydrogen) atoms. The van der Waals surface area contributed by atoms with Crippen LogP contribution in [-0.4, -0.2) is 52.5 Å². The van der Waals surface area contributed by atoms with Gasteiger partial charge in [-0.3, -0.25) is 14.4 Å². The van der Waals surface area contributed by atoms with Gasteiger partial charge in [-0.1, -0.05) is 63.4 Å². The number of hydrogen-bond donors (Lipinski definition) is 2. The third-order valence-corrected chi connectivity index (χ3v) is 9.81. The van der Waals surface area contributed by atoms with E-state index in [1.807, 2.05) is 39.0 Å². The number of ether oxygens (including phenoxy) is 1. The van der Waals surface area contributed by atoms with E-state index in [0.29, 0.717) is 29.0 Å². The first-order valence-corrected chi connectivity index (χ1v) is 14.0. The van der Waals surface area contributed by atoms with Crippen LogP contribution in [0.3, 0.4) is 0 Å². The maximum Gasteiger partial charge on any atom is 0.246 e. The number of carbonyl (C=O) groups excluding carboxylic acids is 3. The molecule has 200 valence electrons. The maximum absolute atomic E-state index is 14.0. The Hall–Kier alpha value is -2.38. The van der Waals surface area contributed by atoms with Gasteiger partial charge < -0.3 is 20.3 Å². The van der Waals surface area contributed by atoms with Crippen LogP contribution in [-0.2, 0) is 19.1 Å². The predicted molar refractivity (Wildman–Crippen MR) is 143 cm³/mol. The first-order valence-electron chi connectivity index (χ1n) is 13.7. The van der Waals surface area contributed by atoms with Crippen molar-refractivity contribution < 1.29 is 19.1 Å². The summed E-state index contributed by atoms with van der Waals surface area (Å²) in [5.74, 6) is -1.26. The first-order chi connectivity index (χ1) is 17.6. The molecule has 3 amide bonds. The van der Waals surface area contributed by atoms with Gasteiger partial charge in [0.15, 0.2) is 0 Å². The SMILES string of the molecule is CC[C@H](C)N1C(=O)[C@H]2[C@H](C(=O)Nc3ccc(C)c(Cl)c3)[C@H]3C=C[C@@]2(O3)[C@@H]1C(=O)N[C@@H]1CCC[C@@H](C)[C@@H]1C. The molecule has 8 heteroatoms. The summed E-state index contributed by atoms with van der Waals surface area (Å²) >= 11 is 6.26. The minimum absolute atomic E-state index is 0.0635. The number of nitrogens with one attached hydrogen (secondary N) is 2. The monoisotopic (exact) mass is 527 g/mol. The lowest BCUT2D eigenvalue weighted by molar-refractivity contribution is -0.144. The molecule has 2 bridgehead atoms. The number of carbonyl (C=O) groups is 3. The molecular weight excluding hydrogens is 490 g/mol. The summed E-state index contributed by atoms with van der Waals surface area (Å²) in [6, 6.07) is 4.44. The highest BCUT2D eigenvalue weighted by atomic mass is 35.5. The summed E-state index contributed by atoms with van der Waals surface area (Å²) in [7, 11) is 0. The van der Waals surface area contributed by atoms with Gasteiger partial charge in [0.1, 0.15) is 11.6 Å². The van der Waals surface area contributed by atoms with Crippen molar-refractivity contribution in [3.05, 3.63) is 40.9 Å². The zero-order chi connectivity index (χ0) is 26.6. The molecule has 2 saturated heterocycles. The summed E-state index contributed by atoms with van der Waals surface area (Å²) in [6.45, 7) is 10.3. The Bertz CT molecular complexity index is 1140. The molecule has 1 aromatic carbocycles. The molecule has 9 atom stereocenters. The van der Waals surface area contributed by atoms with Gasteiger partial charge >= 0.3 is 0 Å². The Morgan fingerprint density at radius 3 is 2.70 bits per heavy atom. The molecular formula is C29H38ClN3O4. The molecule has 1 saturated carbocycles. The Morgan fingerprint density at radius 2 is 2.00 bits per heavy atom. The van der Waals surface area contributed by atoms with E-state index < -0.39 is 29.6 Å². The molecule has 0 aromatic heterocycles. The van der Waals surface area contributed by atoms with Crippen molar-refractivity contribution in [2.24, 2.45) is 23.7 Å². The van der Waals surface area contributed by atoms with Crippen molar-refractivity contribution in [3.8, 4) is 0 Å². The number of hydrogen-bond acceptors (Lipinski definition) is 4. The van der Waals surface area contributed by atoms with Crippen LogP contribution in [0.2, 0.25) is 5.02 Å². The van der Waals surface area contributed by atoms with E-state index in [9.17, 15) is 14.4 Å². The largest absolute Gasteiger partial charge is 0.359 e. The molecule has 5 rings (SSSR count). The molecule has 1 spiro atoms. The quantitative estimate of drug-likeness (QED) is 0.534. The van der Waals surface area contributed by atoms with E-state index in [0.717, 1.165) is 24.8 Å². The van der Waals surface area contributed by atoms with Crippen molar-refractivity contribution in [1.29, 1.82) is 0 Å². The number of aryl methyl sites for hydroxylation is 1. The highest BCUT2D eigenvalue weighted by Gasteiger charge is 2.73. The highest BCUT2D eigenvalue weighted by Crippen LogP contribution is 2.56. The lowest BCUT2D eigenvalue weighted by Crippen LogP contribution is -2.59. The zero-order valence-electron chi connectivity index (χ0n) is 22.3. The van der Waals surface area contributed by atoms with E-state index in [1.54, 1.807) is 17.0 Å². The lowest BCUT2D eigenvalue weighted by atomic mass is 9.73. The minimum atomic E-state index is -1.15. The third kappa shape index (κ3) is 4.19. The van der Waals surface area contributed by atoms with Crippen LogP contribution in [0.15, 0.2) is 30.4 Å². The van der Waals surface area contributed by atoms with Crippen LogP contribution in [0.5, 0.6) is 0 Å². The van der Waals surface area contributed by atoms with Crippen molar-refractivity contribution in [1.82, 2.24) is 10.2 Å². The Balaban J connectivity index is 1.45. The van der Waals surface area contributed by atoms with Gasteiger partial charge in [0.05, 0.1) is 17.9 Å². The number of benzene rings is 1. The molecule has 1 aromatic rings. The second-order valence-corrected chi connectivity index (χ2v) is 11.9. The molecule has 0 radical (unpaired) electrons. The van der Waals surface area contributed by atoms with Crippen molar-refractivity contribution in [3.63, 3.8) is 0 Å². The zero-order valence-corrected chi connectivity index (χ0v) is 23.0. The number of anilines is 1. The van der Waals surface area contributed by atoms with Crippen LogP contribution in [0.25, 0.3) is 0 Å². The fourth-order valence-corrected chi connectivity index (χ4v) is 7.00. The summed E-state index contributed by atoms with van der Waals surface area (Å²) < 4.78 is 6.44. The smallest absolute Gasteiger partial charge is 0.246 e. The van der Waals surface area contributed by atoms with Gasteiger partial charge in [0, 0.05) is 22.8 Å². The number of likely N-dealkylation sites (tertiary alicyclic amines) is 1. The van der Waals surface area contributed by atoms with E-state index in [-0.39, 0.29) is 29.8 Å². The number of amides is 3. The number of fused-ring (bicyclic) bond motifs is 1.